The number of rotatable bonds is 5. The zero-order chi connectivity index (χ0) is 20.1. The van der Waals surface area contributed by atoms with Gasteiger partial charge in [0.15, 0.2) is 6.10 Å². The number of nitrogens with one attached hydrogen (secondary N) is 1. The number of hydrogen-bond donors (Lipinski definition) is 1. The van der Waals surface area contributed by atoms with Crippen LogP contribution in [-0.2, 0) is 9.59 Å². The van der Waals surface area contributed by atoms with Crippen LogP contribution in [0, 0.1) is 0 Å². The van der Waals surface area contributed by atoms with Gasteiger partial charge in [0.05, 0.1) is 26.5 Å². The summed E-state index contributed by atoms with van der Waals surface area (Å²) in [4.78, 5) is 26.5. The van der Waals surface area contributed by atoms with Gasteiger partial charge in [0.25, 0.3) is 11.8 Å². The van der Waals surface area contributed by atoms with Gasteiger partial charge in [-0.2, -0.15) is 0 Å². The molecule has 2 aromatic rings. The average Bonchev–Trinajstić information content (AvgIpc) is 2.75. The molecule has 2 amide bonds. The highest BCUT2D eigenvalue weighted by Gasteiger charge is 2.32. The van der Waals surface area contributed by atoms with E-state index in [-0.39, 0.29) is 18.4 Å². The predicted molar refractivity (Wildman–Crippen MR) is 106 cm³/mol. The second kappa shape index (κ2) is 8.47. The fourth-order valence-electron chi connectivity index (χ4n) is 2.95. The fourth-order valence-corrected chi connectivity index (χ4v) is 2.95. The highest BCUT2D eigenvalue weighted by molar-refractivity contribution is 6.06. The molecule has 0 radical (unpaired) electrons. The molecule has 1 atom stereocenters. The fraction of sp³-hybridized carbons (Fsp3) is 0.238. The van der Waals surface area contributed by atoms with E-state index in [1.54, 1.807) is 50.6 Å². The van der Waals surface area contributed by atoms with E-state index in [1.807, 2.05) is 12.1 Å². The Balaban J connectivity index is 1.87. The Morgan fingerprint density at radius 3 is 2.68 bits per heavy atom. The van der Waals surface area contributed by atoms with Gasteiger partial charge in [0.2, 0.25) is 0 Å². The zero-order valence-corrected chi connectivity index (χ0v) is 16.0. The van der Waals surface area contributed by atoms with Crippen LogP contribution in [0.15, 0.2) is 48.5 Å². The van der Waals surface area contributed by atoms with Crippen molar-refractivity contribution < 1.29 is 23.8 Å². The molecular weight excluding hydrogens is 360 g/mol. The minimum absolute atomic E-state index is 0.125. The normalized spacial score (nSPS) is 15.5. The van der Waals surface area contributed by atoms with Crippen LogP contribution in [-0.4, -0.2) is 45.7 Å². The maximum Gasteiger partial charge on any atom is 0.262 e. The zero-order valence-electron chi connectivity index (χ0n) is 16.0. The molecule has 1 aliphatic rings. The Bertz CT molecular complexity index is 909. The van der Waals surface area contributed by atoms with E-state index in [2.05, 4.69) is 5.32 Å². The Labute approximate surface area is 163 Å². The molecule has 7 heteroatoms. The van der Waals surface area contributed by atoms with Crippen molar-refractivity contribution in [2.75, 3.05) is 32.7 Å². The molecule has 0 aliphatic carbocycles. The lowest BCUT2D eigenvalue weighted by Gasteiger charge is -2.33. The van der Waals surface area contributed by atoms with Gasteiger partial charge in [-0.25, -0.2) is 0 Å². The minimum atomic E-state index is -0.771. The number of nitrogens with zero attached hydrogens (tertiary/aromatic N) is 1. The molecule has 146 valence electrons. The molecule has 0 fully saturated rings. The molecule has 1 aliphatic heterocycles. The number of para-hydroxylation sites is 2. The lowest BCUT2D eigenvalue weighted by atomic mass is 10.1. The van der Waals surface area contributed by atoms with Crippen molar-refractivity contribution in [2.45, 2.75) is 6.10 Å². The smallest absolute Gasteiger partial charge is 0.262 e. The Kier molecular flexibility index (Phi) is 5.84. The van der Waals surface area contributed by atoms with Gasteiger partial charge in [-0.05, 0) is 30.3 Å². The molecule has 1 heterocycles. The van der Waals surface area contributed by atoms with E-state index in [1.165, 1.54) is 18.0 Å². The maximum absolute atomic E-state index is 12.9. The third-order valence-corrected chi connectivity index (χ3v) is 4.42. The van der Waals surface area contributed by atoms with Crippen LogP contribution in [0.25, 0.3) is 6.08 Å². The first-order chi connectivity index (χ1) is 13.6. The Morgan fingerprint density at radius 1 is 1.18 bits per heavy atom. The van der Waals surface area contributed by atoms with Crippen LogP contribution in [0.2, 0.25) is 0 Å². The van der Waals surface area contributed by atoms with Crippen LogP contribution < -0.4 is 24.4 Å². The van der Waals surface area contributed by atoms with Crippen molar-refractivity contribution in [3.8, 4) is 17.2 Å². The first kappa shape index (κ1) is 19.3. The topological polar surface area (TPSA) is 77.1 Å². The number of fused-ring (bicyclic) bond motifs is 1. The van der Waals surface area contributed by atoms with Crippen LogP contribution in [0.4, 0.5) is 5.69 Å². The monoisotopic (exact) mass is 382 g/mol. The number of benzene rings is 2. The van der Waals surface area contributed by atoms with Gasteiger partial charge in [-0.1, -0.05) is 12.1 Å². The molecule has 0 unspecified atom stereocenters. The lowest BCUT2D eigenvalue weighted by molar-refractivity contribution is -0.127. The summed E-state index contributed by atoms with van der Waals surface area (Å²) in [6.07, 6.45) is 2.36. The molecule has 28 heavy (non-hydrogen) atoms. The van der Waals surface area contributed by atoms with E-state index >= 15 is 0 Å². The highest BCUT2D eigenvalue weighted by Crippen LogP contribution is 2.33. The number of likely N-dealkylation sites (N-methyl/N-ethyl adjacent to an activating group) is 1. The number of hydrogen-bond acceptors (Lipinski definition) is 5. The second-order valence-corrected chi connectivity index (χ2v) is 6.08. The van der Waals surface area contributed by atoms with Gasteiger partial charge >= 0.3 is 0 Å². The molecule has 0 spiro atoms. The molecule has 3 rings (SSSR count). The molecule has 0 saturated carbocycles. The van der Waals surface area contributed by atoms with Crippen molar-refractivity contribution >= 4 is 23.6 Å². The number of anilines is 1. The highest BCUT2D eigenvalue weighted by atomic mass is 16.5. The van der Waals surface area contributed by atoms with E-state index in [4.69, 9.17) is 14.2 Å². The largest absolute Gasteiger partial charge is 0.497 e. The van der Waals surface area contributed by atoms with Crippen LogP contribution in [0.3, 0.4) is 0 Å². The Hall–Kier alpha value is -3.48. The van der Waals surface area contributed by atoms with Gasteiger partial charge in [-0.15, -0.1) is 0 Å². The summed E-state index contributed by atoms with van der Waals surface area (Å²) in [6.45, 7) is 0.125. The predicted octanol–water partition coefficient (Wildman–Crippen LogP) is 2.26. The SMILES string of the molecule is CNC(=O)[C@H]1CN(C(=O)/C=C/c2ccc(OC)cc2OC)c2ccccc2O1. The first-order valence-corrected chi connectivity index (χ1v) is 8.76. The van der Waals surface area contributed by atoms with E-state index in [0.29, 0.717) is 22.9 Å². The van der Waals surface area contributed by atoms with Crippen molar-refractivity contribution in [3.63, 3.8) is 0 Å². The van der Waals surface area contributed by atoms with Gasteiger partial charge in [0.1, 0.15) is 17.2 Å². The molecule has 0 bridgehead atoms. The van der Waals surface area contributed by atoms with Crippen molar-refractivity contribution in [2.24, 2.45) is 0 Å². The van der Waals surface area contributed by atoms with E-state index < -0.39 is 6.10 Å². The van der Waals surface area contributed by atoms with Crippen molar-refractivity contribution in [1.82, 2.24) is 5.32 Å². The summed E-state index contributed by atoms with van der Waals surface area (Å²) in [5.74, 6) is 1.20. The minimum Gasteiger partial charge on any atom is -0.497 e. The standard InChI is InChI=1S/C21H22N2O5/c1-22-21(25)19-13-23(16-6-4-5-7-17(16)28-19)20(24)11-9-14-8-10-15(26-2)12-18(14)27-3/h4-12,19H,13H2,1-3H3,(H,22,25)/b11-9+/t19-/m1/s1. The second-order valence-electron chi connectivity index (χ2n) is 6.08. The summed E-state index contributed by atoms with van der Waals surface area (Å²) in [5.41, 5.74) is 1.36. The van der Waals surface area contributed by atoms with E-state index in [9.17, 15) is 9.59 Å². The summed E-state index contributed by atoms with van der Waals surface area (Å²) < 4.78 is 16.3. The molecule has 1 N–H and O–H groups in total. The molecular formula is C21H22N2O5. The quantitative estimate of drug-likeness (QED) is 0.803. The third-order valence-electron chi connectivity index (χ3n) is 4.42. The summed E-state index contributed by atoms with van der Waals surface area (Å²) in [7, 11) is 4.67. The van der Waals surface area contributed by atoms with Crippen LogP contribution >= 0.6 is 0 Å². The Morgan fingerprint density at radius 2 is 1.96 bits per heavy atom. The van der Waals surface area contributed by atoms with Crippen LogP contribution in [0.1, 0.15) is 5.56 Å². The molecule has 0 saturated heterocycles. The molecule has 2 aromatic carbocycles. The lowest BCUT2D eigenvalue weighted by Crippen LogP contribution is -2.49. The average molecular weight is 382 g/mol. The van der Waals surface area contributed by atoms with Crippen molar-refractivity contribution in [3.05, 3.63) is 54.1 Å². The first-order valence-electron chi connectivity index (χ1n) is 8.76. The van der Waals surface area contributed by atoms with E-state index in [0.717, 1.165) is 5.56 Å². The maximum atomic E-state index is 12.9. The molecule has 0 aromatic heterocycles. The number of methoxy groups -OCH3 is 2. The van der Waals surface area contributed by atoms with Crippen molar-refractivity contribution in [1.29, 1.82) is 0 Å². The molecule has 7 nitrogen and oxygen atoms in total. The summed E-state index contributed by atoms with van der Waals surface area (Å²) >= 11 is 0. The van der Waals surface area contributed by atoms with Crippen LogP contribution in [0.5, 0.6) is 17.2 Å². The number of ether oxygens (including phenoxy) is 3. The summed E-state index contributed by atoms with van der Waals surface area (Å²) in [5, 5.41) is 2.56. The summed E-state index contributed by atoms with van der Waals surface area (Å²) in [6, 6.07) is 12.5. The van der Waals surface area contributed by atoms with Gasteiger partial charge in [-0.3, -0.25) is 9.59 Å². The number of carbonyl (C=O) groups is 2. The number of carbonyl (C=O) groups excluding carboxylic acids is 2. The number of amides is 2. The third kappa shape index (κ3) is 3.93. The van der Waals surface area contributed by atoms with Gasteiger partial charge in [0, 0.05) is 24.8 Å². The van der Waals surface area contributed by atoms with Gasteiger partial charge < -0.3 is 24.4 Å².